The molecule has 29 heavy (non-hydrogen) atoms. The maximum absolute atomic E-state index is 13.3. The predicted octanol–water partition coefficient (Wildman–Crippen LogP) is 3.14. The molecule has 2 aromatic rings. The van der Waals surface area contributed by atoms with Gasteiger partial charge in [-0.05, 0) is 54.0 Å². The Hall–Kier alpha value is -2.25. The molecule has 3 atom stereocenters. The van der Waals surface area contributed by atoms with E-state index >= 15 is 0 Å². The maximum atomic E-state index is 13.3. The second kappa shape index (κ2) is 7.88. The molecule has 2 fully saturated rings. The lowest BCUT2D eigenvalue weighted by atomic mass is 9.95. The summed E-state index contributed by atoms with van der Waals surface area (Å²) in [4.78, 5) is 14.8. The fourth-order valence-electron chi connectivity index (χ4n) is 4.34. The quantitative estimate of drug-likeness (QED) is 0.814. The molecule has 0 radical (unpaired) electrons. The Kier molecular flexibility index (Phi) is 5.44. The van der Waals surface area contributed by atoms with Gasteiger partial charge >= 0.3 is 0 Å². The summed E-state index contributed by atoms with van der Waals surface area (Å²) >= 11 is 0. The van der Waals surface area contributed by atoms with E-state index in [1.54, 1.807) is 17.0 Å². The van der Waals surface area contributed by atoms with E-state index in [1.165, 1.54) is 12.1 Å². The Balaban J connectivity index is 1.47. The van der Waals surface area contributed by atoms with Gasteiger partial charge in [-0.25, -0.2) is 17.5 Å². The zero-order valence-corrected chi connectivity index (χ0v) is 17.2. The number of nitrogens with zero attached hydrogens (tertiary/aromatic N) is 1. The monoisotopic (exact) mass is 416 g/mol. The lowest BCUT2D eigenvalue weighted by molar-refractivity contribution is -0.133. The van der Waals surface area contributed by atoms with Crippen LogP contribution in [0.5, 0.6) is 0 Å². The number of carbonyl (C=O) groups excluding carboxylic acids is 1. The van der Waals surface area contributed by atoms with Gasteiger partial charge in [-0.15, -0.1) is 0 Å². The highest BCUT2D eigenvalue weighted by Crippen LogP contribution is 2.51. The Morgan fingerprint density at radius 3 is 2.59 bits per heavy atom. The maximum Gasteiger partial charge on any atom is 0.226 e. The van der Waals surface area contributed by atoms with Gasteiger partial charge in [0.15, 0.2) is 0 Å². The number of carbonyl (C=O) groups is 1. The molecule has 0 spiro atoms. The molecule has 1 amide bonds. The first-order valence-electron chi connectivity index (χ1n) is 9.93. The molecule has 0 unspecified atom stereocenters. The van der Waals surface area contributed by atoms with Crippen LogP contribution in [0.3, 0.4) is 0 Å². The first-order valence-corrected chi connectivity index (χ1v) is 11.8. The van der Waals surface area contributed by atoms with Crippen molar-refractivity contribution in [2.24, 2.45) is 5.92 Å². The number of amides is 1. The molecule has 1 aliphatic heterocycles. The van der Waals surface area contributed by atoms with Crippen molar-refractivity contribution >= 4 is 15.9 Å². The predicted molar refractivity (Wildman–Crippen MR) is 110 cm³/mol. The third-order valence-electron chi connectivity index (χ3n) is 5.74. The molecular weight excluding hydrogens is 391 g/mol. The van der Waals surface area contributed by atoms with E-state index in [-0.39, 0.29) is 29.6 Å². The fraction of sp³-hybridized carbons (Fsp3) is 0.409. The molecule has 2 aliphatic rings. The first-order chi connectivity index (χ1) is 13.8. The summed E-state index contributed by atoms with van der Waals surface area (Å²) in [7, 11) is -3.29. The van der Waals surface area contributed by atoms with Gasteiger partial charge in [0.05, 0.1) is 6.26 Å². The van der Waals surface area contributed by atoms with Crippen LogP contribution in [0.4, 0.5) is 4.39 Å². The van der Waals surface area contributed by atoms with E-state index in [0.717, 1.165) is 42.2 Å². The molecule has 154 valence electrons. The number of piperidine rings is 1. The van der Waals surface area contributed by atoms with Gasteiger partial charge in [0.2, 0.25) is 15.9 Å². The highest BCUT2D eigenvalue weighted by Gasteiger charge is 2.47. The van der Waals surface area contributed by atoms with Crippen molar-refractivity contribution in [3.05, 3.63) is 59.9 Å². The Bertz CT molecular complexity index is 1010. The minimum absolute atomic E-state index is 0.0754. The van der Waals surface area contributed by atoms with Crippen molar-refractivity contribution in [2.45, 2.75) is 31.2 Å². The third-order valence-corrected chi connectivity index (χ3v) is 6.50. The molecule has 4 rings (SSSR count). The summed E-state index contributed by atoms with van der Waals surface area (Å²) in [5, 5.41) is 0. The highest BCUT2D eigenvalue weighted by molar-refractivity contribution is 7.88. The van der Waals surface area contributed by atoms with E-state index in [4.69, 9.17) is 0 Å². The van der Waals surface area contributed by atoms with Gasteiger partial charge in [0, 0.05) is 25.0 Å². The number of rotatable bonds is 5. The van der Waals surface area contributed by atoms with Crippen LogP contribution in [0.15, 0.2) is 48.5 Å². The van der Waals surface area contributed by atoms with Crippen molar-refractivity contribution in [3.8, 4) is 11.1 Å². The van der Waals surface area contributed by atoms with Gasteiger partial charge in [-0.3, -0.25) is 4.79 Å². The second-order valence-electron chi connectivity index (χ2n) is 8.06. The second-order valence-corrected chi connectivity index (χ2v) is 9.84. The Morgan fingerprint density at radius 1 is 1.14 bits per heavy atom. The lowest BCUT2D eigenvalue weighted by Gasteiger charge is -2.33. The fourth-order valence-corrected chi connectivity index (χ4v) is 5.13. The normalized spacial score (nSPS) is 24.3. The molecule has 0 aromatic heterocycles. The van der Waals surface area contributed by atoms with Crippen LogP contribution in [-0.4, -0.2) is 44.6 Å². The molecule has 5 nitrogen and oxygen atoms in total. The van der Waals surface area contributed by atoms with Gasteiger partial charge < -0.3 is 4.90 Å². The topological polar surface area (TPSA) is 66.5 Å². The highest BCUT2D eigenvalue weighted by atomic mass is 32.2. The minimum Gasteiger partial charge on any atom is -0.341 e. The van der Waals surface area contributed by atoms with Crippen LogP contribution in [0.1, 0.15) is 30.7 Å². The molecule has 1 saturated carbocycles. The number of likely N-dealkylation sites (tertiary alicyclic amines) is 1. The van der Waals surface area contributed by atoms with Crippen LogP contribution >= 0.6 is 0 Å². The zero-order chi connectivity index (χ0) is 20.6. The molecule has 7 heteroatoms. The number of sulfonamides is 1. The number of hydrogen-bond donors (Lipinski definition) is 1. The molecule has 1 heterocycles. The Morgan fingerprint density at radius 2 is 1.86 bits per heavy atom. The van der Waals surface area contributed by atoms with E-state index < -0.39 is 10.0 Å². The molecule has 0 bridgehead atoms. The minimum atomic E-state index is -3.29. The van der Waals surface area contributed by atoms with Crippen LogP contribution in [-0.2, 0) is 14.8 Å². The zero-order valence-electron chi connectivity index (χ0n) is 16.3. The van der Waals surface area contributed by atoms with Crippen molar-refractivity contribution in [3.63, 3.8) is 0 Å². The van der Waals surface area contributed by atoms with E-state index in [9.17, 15) is 17.6 Å². The Labute approximate surface area is 171 Å². The van der Waals surface area contributed by atoms with Crippen LogP contribution < -0.4 is 4.72 Å². The van der Waals surface area contributed by atoms with Crippen molar-refractivity contribution in [1.82, 2.24) is 9.62 Å². The van der Waals surface area contributed by atoms with Crippen LogP contribution in [0.2, 0.25) is 0 Å². The average molecular weight is 417 g/mol. The van der Waals surface area contributed by atoms with Crippen LogP contribution in [0, 0.1) is 11.7 Å². The SMILES string of the molecule is CS(=O)(=O)N[C@@H]1CCCN(C(=O)[C@@H]2C[C@H]2c2ccccc2-c2ccc(F)cc2)C1. The molecule has 1 aliphatic carbocycles. The van der Waals surface area contributed by atoms with Gasteiger partial charge in [-0.1, -0.05) is 36.4 Å². The summed E-state index contributed by atoms with van der Waals surface area (Å²) in [6.45, 7) is 1.10. The largest absolute Gasteiger partial charge is 0.341 e. The van der Waals surface area contributed by atoms with E-state index in [2.05, 4.69) is 4.72 Å². The standard InChI is InChI=1S/C22H25FN2O3S/c1-29(27,28)24-17-5-4-12-25(14-17)22(26)21-13-20(21)19-7-3-2-6-18(19)15-8-10-16(23)11-9-15/h2-3,6-11,17,20-21,24H,4-5,12-14H2,1H3/t17-,20+,21-/m1/s1. The van der Waals surface area contributed by atoms with Gasteiger partial charge in [0.1, 0.15) is 5.82 Å². The average Bonchev–Trinajstić information content (AvgIpc) is 3.48. The summed E-state index contributed by atoms with van der Waals surface area (Å²) in [5.74, 6) is -0.0995. The summed E-state index contributed by atoms with van der Waals surface area (Å²) in [6, 6.07) is 14.2. The summed E-state index contributed by atoms with van der Waals surface area (Å²) in [6.07, 6.45) is 3.48. The number of hydrogen-bond acceptors (Lipinski definition) is 3. The third kappa shape index (κ3) is 4.67. The molecular formula is C22H25FN2O3S. The number of halogens is 1. The van der Waals surface area contributed by atoms with Crippen LogP contribution in [0.25, 0.3) is 11.1 Å². The lowest BCUT2D eigenvalue weighted by Crippen LogP contribution is -2.49. The van der Waals surface area contributed by atoms with Crippen molar-refractivity contribution in [2.75, 3.05) is 19.3 Å². The van der Waals surface area contributed by atoms with E-state index in [1.807, 2.05) is 24.3 Å². The van der Waals surface area contributed by atoms with E-state index in [0.29, 0.717) is 13.1 Å². The summed E-state index contributed by atoms with van der Waals surface area (Å²) in [5.41, 5.74) is 3.08. The number of benzene rings is 2. The molecule has 2 aromatic carbocycles. The van der Waals surface area contributed by atoms with Gasteiger partial charge in [-0.2, -0.15) is 0 Å². The van der Waals surface area contributed by atoms with Crippen molar-refractivity contribution in [1.29, 1.82) is 0 Å². The number of nitrogens with one attached hydrogen (secondary N) is 1. The van der Waals surface area contributed by atoms with Crippen molar-refractivity contribution < 1.29 is 17.6 Å². The first kappa shape index (κ1) is 20.0. The smallest absolute Gasteiger partial charge is 0.226 e. The molecule has 1 N–H and O–H groups in total. The summed E-state index contributed by atoms with van der Waals surface area (Å²) < 4.78 is 38.9. The van der Waals surface area contributed by atoms with Gasteiger partial charge in [0.25, 0.3) is 0 Å². The molecule has 1 saturated heterocycles.